The number of rotatable bonds is 14. The van der Waals surface area contributed by atoms with E-state index >= 15 is 0 Å². The van der Waals surface area contributed by atoms with Crippen LogP contribution in [-0.2, 0) is 0 Å². The van der Waals surface area contributed by atoms with E-state index in [1.807, 2.05) is 0 Å². The van der Waals surface area contributed by atoms with E-state index in [-0.39, 0.29) is 0 Å². The zero-order valence-electron chi connectivity index (χ0n) is 15.3. The Hall–Kier alpha value is -0.0800. The molecular formula is C19H40N2. The molecule has 0 radical (unpaired) electrons. The SMILES string of the molecule is CCCCCCCCC1(CCCCCCCC)N(C)N1C. The maximum absolute atomic E-state index is 2.48. The Balaban J connectivity index is 2.11. The second kappa shape index (κ2) is 10.6. The van der Waals surface area contributed by atoms with E-state index in [1.165, 1.54) is 89.9 Å². The van der Waals surface area contributed by atoms with Gasteiger partial charge in [-0.1, -0.05) is 90.9 Å². The first-order valence-electron chi connectivity index (χ1n) is 9.66. The van der Waals surface area contributed by atoms with Gasteiger partial charge in [0.2, 0.25) is 0 Å². The molecule has 1 saturated heterocycles. The van der Waals surface area contributed by atoms with E-state index in [0.717, 1.165) is 0 Å². The van der Waals surface area contributed by atoms with E-state index in [1.54, 1.807) is 0 Å². The van der Waals surface area contributed by atoms with E-state index in [0.29, 0.717) is 5.66 Å². The summed E-state index contributed by atoms with van der Waals surface area (Å²) < 4.78 is 0. The largest absolute Gasteiger partial charge is 0.222 e. The van der Waals surface area contributed by atoms with Crippen LogP contribution in [0.4, 0.5) is 0 Å². The van der Waals surface area contributed by atoms with Crippen molar-refractivity contribution in [2.45, 2.75) is 109 Å². The highest BCUT2D eigenvalue weighted by molar-refractivity contribution is 4.97. The van der Waals surface area contributed by atoms with Gasteiger partial charge in [0.15, 0.2) is 0 Å². The third-order valence-corrected chi connectivity index (χ3v) is 5.48. The normalized spacial score (nSPS) is 23.4. The molecule has 0 aromatic carbocycles. The van der Waals surface area contributed by atoms with Crippen molar-refractivity contribution in [3.8, 4) is 0 Å². The smallest absolute Gasteiger partial charge is 0.0998 e. The topological polar surface area (TPSA) is 6.02 Å². The lowest BCUT2D eigenvalue weighted by Crippen LogP contribution is -2.18. The summed E-state index contributed by atoms with van der Waals surface area (Å²) in [6.07, 6.45) is 19.7. The van der Waals surface area contributed by atoms with Crippen LogP contribution in [0.2, 0.25) is 0 Å². The Morgan fingerprint density at radius 2 is 0.857 bits per heavy atom. The van der Waals surface area contributed by atoms with Gasteiger partial charge in [-0.2, -0.15) is 0 Å². The molecule has 0 aliphatic carbocycles. The first-order valence-corrected chi connectivity index (χ1v) is 9.66. The van der Waals surface area contributed by atoms with Gasteiger partial charge >= 0.3 is 0 Å². The van der Waals surface area contributed by atoms with E-state index in [4.69, 9.17) is 0 Å². The minimum atomic E-state index is 0.426. The maximum Gasteiger partial charge on any atom is 0.0998 e. The van der Waals surface area contributed by atoms with Gasteiger partial charge in [-0.25, -0.2) is 10.0 Å². The van der Waals surface area contributed by atoms with Gasteiger partial charge in [0, 0.05) is 14.1 Å². The quantitative estimate of drug-likeness (QED) is 0.287. The van der Waals surface area contributed by atoms with Crippen LogP contribution in [0.1, 0.15) is 104 Å². The van der Waals surface area contributed by atoms with Gasteiger partial charge in [-0.05, 0) is 12.8 Å². The Bertz CT molecular complexity index is 226. The van der Waals surface area contributed by atoms with Crippen molar-refractivity contribution in [1.29, 1.82) is 0 Å². The van der Waals surface area contributed by atoms with Crippen molar-refractivity contribution >= 4 is 0 Å². The summed E-state index contributed by atoms with van der Waals surface area (Å²) in [5.74, 6) is 0. The summed E-state index contributed by atoms with van der Waals surface area (Å²) in [7, 11) is 4.54. The molecule has 1 heterocycles. The molecule has 2 unspecified atom stereocenters. The Morgan fingerprint density at radius 1 is 0.524 bits per heavy atom. The van der Waals surface area contributed by atoms with Crippen LogP contribution >= 0.6 is 0 Å². The van der Waals surface area contributed by atoms with Gasteiger partial charge in [-0.15, -0.1) is 0 Å². The third kappa shape index (κ3) is 6.28. The number of hydrogen-bond acceptors (Lipinski definition) is 2. The number of hydrogen-bond donors (Lipinski definition) is 0. The molecule has 0 aromatic rings. The lowest BCUT2D eigenvalue weighted by molar-refractivity contribution is 0.370. The van der Waals surface area contributed by atoms with Gasteiger partial charge in [0.1, 0.15) is 0 Å². The fourth-order valence-electron chi connectivity index (χ4n) is 3.69. The molecular weight excluding hydrogens is 256 g/mol. The average molecular weight is 297 g/mol. The predicted molar refractivity (Wildman–Crippen MR) is 94.2 cm³/mol. The molecule has 1 fully saturated rings. The molecule has 1 aliphatic heterocycles. The molecule has 0 bridgehead atoms. The van der Waals surface area contributed by atoms with Crippen molar-refractivity contribution in [3.63, 3.8) is 0 Å². The minimum Gasteiger partial charge on any atom is -0.222 e. The zero-order chi connectivity index (χ0) is 15.6. The van der Waals surface area contributed by atoms with Crippen molar-refractivity contribution in [3.05, 3.63) is 0 Å². The van der Waals surface area contributed by atoms with E-state index in [9.17, 15) is 0 Å². The highest BCUT2D eigenvalue weighted by atomic mass is 15.9. The molecule has 0 saturated carbocycles. The molecule has 21 heavy (non-hydrogen) atoms. The first-order chi connectivity index (χ1) is 10.2. The molecule has 0 spiro atoms. The number of nitrogens with zero attached hydrogens (tertiary/aromatic N) is 2. The standard InChI is InChI=1S/C19H40N2/c1-5-7-9-11-13-15-17-19(20(3)21(19)4)18-16-14-12-10-8-6-2/h5-18H2,1-4H3. The second-order valence-electron chi connectivity index (χ2n) is 7.07. The highest BCUT2D eigenvalue weighted by Crippen LogP contribution is 2.44. The molecule has 2 atom stereocenters. The molecule has 0 aromatic heterocycles. The molecule has 2 heteroatoms. The number of unbranched alkanes of at least 4 members (excludes halogenated alkanes) is 10. The fourth-order valence-corrected chi connectivity index (χ4v) is 3.69. The van der Waals surface area contributed by atoms with Gasteiger partial charge in [-0.3, -0.25) is 0 Å². The van der Waals surface area contributed by atoms with Crippen LogP contribution in [0.15, 0.2) is 0 Å². The predicted octanol–water partition coefficient (Wildman–Crippen LogP) is 5.98. The molecule has 1 rings (SSSR count). The van der Waals surface area contributed by atoms with E-state index < -0.39 is 0 Å². The minimum absolute atomic E-state index is 0.426. The van der Waals surface area contributed by atoms with E-state index in [2.05, 4.69) is 38.0 Å². The van der Waals surface area contributed by atoms with Crippen LogP contribution in [-0.4, -0.2) is 29.8 Å². The summed E-state index contributed by atoms with van der Waals surface area (Å²) >= 11 is 0. The van der Waals surface area contributed by atoms with Crippen LogP contribution in [0.25, 0.3) is 0 Å². The van der Waals surface area contributed by atoms with Gasteiger partial charge in [0.25, 0.3) is 0 Å². The van der Waals surface area contributed by atoms with Gasteiger partial charge in [0.05, 0.1) is 5.66 Å². The zero-order valence-corrected chi connectivity index (χ0v) is 15.3. The molecule has 1 aliphatic rings. The van der Waals surface area contributed by atoms with Crippen LogP contribution in [0, 0.1) is 0 Å². The van der Waals surface area contributed by atoms with Crippen molar-refractivity contribution in [2.75, 3.05) is 14.1 Å². The van der Waals surface area contributed by atoms with Gasteiger partial charge < -0.3 is 0 Å². The van der Waals surface area contributed by atoms with Crippen LogP contribution < -0.4 is 0 Å². The highest BCUT2D eigenvalue weighted by Gasteiger charge is 2.54. The molecule has 0 N–H and O–H groups in total. The van der Waals surface area contributed by atoms with Crippen LogP contribution in [0.3, 0.4) is 0 Å². The number of hydrazine groups is 1. The summed E-state index contributed by atoms with van der Waals surface area (Å²) in [5.41, 5.74) is 0.426. The van der Waals surface area contributed by atoms with Crippen molar-refractivity contribution in [1.82, 2.24) is 10.0 Å². The first kappa shape index (κ1) is 19.0. The second-order valence-corrected chi connectivity index (χ2v) is 7.07. The average Bonchev–Trinajstić information content (AvgIpc) is 3.00. The Morgan fingerprint density at radius 3 is 1.19 bits per heavy atom. The summed E-state index contributed by atoms with van der Waals surface area (Å²) in [6.45, 7) is 4.59. The van der Waals surface area contributed by atoms with Crippen molar-refractivity contribution < 1.29 is 0 Å². The lowest BCUT2D eigenvalue weighted by Gasteiger charge is -2.15. The summed E-state index contributed by atoms with van der Waals surface area (Å²) in [4.78, 5) is 0. The third-order valence-electron chi connectivity index (χ3n) is 5.48. The molecule has 2 nitrogen and oxygen atoms in total. The summed E-state index contributed by atoms with van der Waals surface area (Å²) in [5, 5.41) is 4.95. The lowest BCUT2D eigenvalue weighted by atomic mass is 9.97. The maximum atomic E-state index is 2.48. The molecule has 0 amide bonds. The summed E-state index contributed by atoms with van der Waals surface area (Å²) in [6, 6.07) is 0. The molecule has 126 valence electrons. The monoisotopic (exact) mass is 296 g/mol. The Kier molecular flexibility index (Phi) is 9.59. The Labute approximate surface area is 134 Å². The van der Waals surface area contributed by atoms with Crippen molar-refractivity contribution in [2.24, 2.45) is 0 Å². The fraction of sp³-hybridized carbons (Fsp3) is 1.00. The van der Waals surface area contributed by atoms with Crippen LogP contribution in [0.5, 0.6) is 0 Å².